The van der Waals surface area contributed by atoms with Crippen LogP contribution in [0, 0.1) is 0 Å². The Balaban J connectivity index is 1.93. The third kappa shape index (κ3) is 4.93. The van der Waals surface area contributed by atoms with Gasteiger partial charge in [0.25, 0.3) is 0 Å². The van der Waals surface area contributed by atoms with E-state index in [2.05, 4.69) is 0 Å². The van der Waals surface area contributed by atoms with Gasteiger partial charge in [-0.1, -0.05) is 42.5 Å². The van der Waals surface area contributed by atoms with Crippen LogP contribution in [-0.2, 0) is 27.4 Å². The molecule has 0 aromatic heterocycles. The maximum absolute atomic E-state index is 12.0. The van der Waals surface area contributed by atoms with Crippen molar-refractivity contribution in [2.45, 2.75) is 26.0 Å². The van der Waals surface area contributed by atoms with Crippen LogP contribution in [0.4, 0.5) is 5.69 Å². The summed E-state index contributed by atoms with van der Waals surface area (Å²) in [6, 6.07) is 16.1. The van der Waals surface area contributed by atoms with E-state index in [1.807, 2.05) is 54.6 Å². The summed E-state index contributed by atoms with van der Waals surface area (Å²) in [5.74, 6) is -0.497. The normalized spacial score (nSPS) is 11.6. The topological polar surface area (TPSA) is 72.6 Å². The molecule has 1 atom stereocenters. The zero-order chi connectivity index (χ0) is 17.5. The Kier molecular flexibility index (Phi) is 6.09. The second kappa shape index (κ2) is 8.26. The maximum atomic E-state index is 12.0. The molecule has 5 heteroatoms. The Morgan fingerprint density at radius 2 is 1.75 bits per heavy atom. The van der Waals surface area contributed by atoms with Crippen LogP contribution in [0.5, 0.6) is 0 Å². The summed E-state index contributed by atoms with van der Waals surface area (Å²) in [7, 11) is 1.70. The molecule has 0 saturated heterocycles. The van der Waals surface area contributed by atoms with Crippen LogP contribution < -0.4 is 10.6 Å². The molecule has 2 aromatic carbocycles. The first-order valence-corrected chi connectivity index (χ1v) is 7.76. The molecule has 0 radical (unpaired) electrons. The van der Waals surface area contributed by atoms with Crippen molar-refractivity contribution in [1.82, 2.24) is 0 Å². The fourth-order valence-electron chi connectivity index (χ4n) is 2.25. The van der Waals surface area contributed by atoms with Gasteiger partial charge in [-0.3, -0.25) is 9.59 Å². The number of ether oxygens (including phenoxy) is 1. The third-order valence-corrected chi connectivity index (χ3v) is 3.75. The Morgan fingerprint density at radius 1 is 1.08 bits per heavy atom. The Morgan fingerprint density at radius 3 is 2.42 bits per heavy atom. The summed E-state index contributed by atoms with van der Waals surface area (Å²) in [5, 5.41) is 0. The molecule has 0 heterocycles. The van der Waals surface area contributed by atoms with Crippen molar-refractivity contribution >= 4 is 17.6 Å². The van der Waals surface area contributed by atoms with Gasteiger partial charge in [0.05, 0.1) is 0 Å². The highest BCUT2D eigenvalue weighted by atomic mass is 16.5. The average molecular weight is 326 g/mol. The van der Waals surface area contributed by atoms with Crippen LogP contribution in [-0.4, -0.2) is 25.0 Å². The standard InChI is InChI=1S/C19H22N2O3/c1-14(22)21(2)17-10-6-9-16(11-17)12-18(20)19(23)24-13-15-7-4-3-5-8-15/h3-11,18H,12-13,20H2,1-2H3. The van der Waals surface area contributed by atoms with E-state index >= 15 is 0 Å². The van der Waals surface area contributed by atoms with Crippen molar-refractivity contribution < 1.29 is 14.3 Å². The van der Waals surface area contributed by atoms with E-state index in [0.29, 0.717) is 6.42 Å². The van der Waals surface area contributed by atoms with Gasteiger partial charge >= 0.3 is 5.97 Å². The van der Waals surface area contributed by atoms with E-state index in [-0.39, 0.29) is 12.5 Å². The predicted molar refractivity (Wildman–Crippen MR) is 93.4 cm³/mol. The molecule has 126 valence electrons. The van der Waals surface area contributed by atoms with Crippen LogP contribution in [0.25, 0.3) is 0 Å². The molecule has 24 heavy (non-hydrogen) atoms. The van der Waals surface area contributed by atoms with Gasteiger partial charge in [-0.2, -0.15) is 0 Å². The van der Waals surface area contributed by atoms with Gasteiger partial charge < -0.3 is 15.4 Å². The van der Waals surface area contributed by atoms with Gasteiger partial charge in [0.1, 0.15) is 12.6 Å². The first-order valence-electron chi connectivity index (χ1n) is 7.76. The molecule has 0 bridgehead atoms. The highest BCUT2D eigenvalue weighted by Crippen LogP contribution is 2.16. The number of carbonyl (C=O) groups excluding carboxylic acids is 2. The van der Waals surface area contributed by atoms with E-state index in [9.17, 15) is 9.59 Å². The Labute approximate surface area is 142 Å². The van der Waals surface area contributed by atoms with E-state index in [1.165, 1.54) is 6.92 Å². The molecule has 0 aliphatic carbocycles. The number of rotatable bonds is 6. The molecule has 2 N–H and O–H groups in total. The van der Waals surface area contributed by atoms with Crippen LogP contribution in [0.2, 0.25) is 0 Å². The van der Waals surface area contributed by atoms with Gasteiger partial charge in [-0.15, -0.1) is 0 Å². The van der Waals surface area contributed by atoms with Crippen molar-refractivity contribution in [3.8, 4) is 0 Å². The summed E-state index contributed by atoms with van der Waals surface area (Å²) >= 11 is 0. The average Bonchev–Trinajstić information content (AvgIpc) is 2.60. The summed E-state index contributed by atoms with van der Waals surface area (Å²) in [5.41, 5.74) is 8.51. The number of hydrogen-bond donors (Lipinski definition) is 1. The monoisotopic (exact) mass is 326 g/mol. The van der Waals surface area contributed by atoms with Crippen molar-refractivity contribution in [3.63, 3.8) is 0 Å². The molecule has 1 amide bonds. The largest absolute Gasteiger partial charge is 0.460 e. The lowest BCUT2D eigenvalue weighted by Gasteiger charge is -2.17. The van der Waals surface area contributed by atoms with Crippen LogP contribution >= 0.6 is 0 Å². The summed E-state index contributed by atoms with van der Waals surface area (Å²) in [6.07, 6.45) is 0.354. The molecule has 2 aromatic rings. The SMILES string of the molecule is CC(=O)N(C)c1cccc(CC(N)C(=O)OCc2ccccc2)c1. The van der Waals surface area contributed by atoms with Gasteiger partial charge in [-0.05, 0) is 29.7 Å². The fourth-order valence-corrected chi connectivity index (χ4v) is 2.25. The quantitative estimate of drug-likeness (QED) is 0.827. The molecule has 1 unspecified atom stereocenters. The zero-order valence-corrected chi connectivity index (χ0v) is 13.9. The van der Waals surface area contributed by atoms with E-state index in [4.69, 9.17) is 10.5 Å². The molecule has 0 fully saturated rings. The van der Waals surface area contributed by atoms with Crippen molar-refractivity contribution in [2.75, 3.05) is 11.9 Å². The third-order valence-electron chi connectivity index (χ3n) is 3.75. The number of esters is 1. The fraction of sp³-hybridized carbons (Fsp3) is 0.263. The number of carbonyl (C=O) groups is 2. The number of hydrogen-bond acceptors (Lipinski definition) is 4. The highest BCUT2D eigenvalue weighted by Gasteiger charge is 2.16. The number of amides is 1. The minimum Gasteiger partial charge on any atom is -0.460 e. The van der Waals surface area contributed by atoms with Crippen LogP contribution in [0.15, 0.2) is 54.6 Å². The van der Waals surface area contributed by atoms with E-state index in [0.717, 1.165) is 16.8 Å². The Bertz CT molecular complexity index is 701. The van der Waals surface area contributed by atoms with Gasteiger partial charge in [-0.25, -0.2) is 0 Å². The first-order chi connectivity index (χ1) is 11.5. The summed E-state index contributed by atoms with van der Waals surface area (Å²) < 4.78 is 5.25. The molecular formula is C19H22N2O3. The second-order valence-corrected chi connectivity index (χ2v) is 5.65. The predicted octanol–water partition coefficient (Wildman–Crippen LogP) is 2.28. The molecule has 5 nitrogen and oxygen atoms in total. The molecular weight excluding hydrogens is 304 g/mol. The molecule has 0 aliphatic rings. The number of nitrogens with two attached hydrogens (primary N) is 1. The summed E-state index contributed by atoms with van der Waals surface area (Å²) in [4.78, 5) is 25.0. The molecule has 0 spiro atoms. The second-order valence-electron chi connectivity index (χ2n) is 5.65. The lowest BCUT2D eigenvalue weighted by atomic mass is 10.1. The van der Waals surface area contributed by atoms with Crippen molar-refractivity contribution in [2.24, 2.45) is 5.73 Å². The van der Waals surface area contributed by atoms with E-state index < -0.39 is 12.0 Å². The minimum atomic E-state index is -0.744. The highest BCUT2D eigenvalue weighted by molar-refractivity contribution is 5.90. The lowest BCUT2D eigenvalue weighted by molar-refractivity contribution is -0.146. The molecule has 0 saturated carbocycles. The van der Waals surface area contributed by atoms with E-state index in [1.54, 1.807) is 11.9 Å². The van der Waals surface area contributed by atoms with Gasteiger partial charge in [0.2, 0.25) is 5.91 Å². The van der Waals surface area contributed by atoms with Crippen LogP contribution in [0.3, 0.4) is 0 Å². The van der Waals surface area contributed by atoms with Gasteiger partial charge in [0, 0.05) is 19.7 Å². The summed E-state index contributed by atoms with van der Waals surface area (Å²) in [6.45, 7) is 1.71. The molecule has 0 aliphatic heterocycles. The zero-order valence-electron chi connectivity index (χ0n) is 13.9. The van der Waals surface area contributed by atoms with Crippen molar-refractivity contribution in [1.29, 1.82) is 0 Å². The lowest BCUT2D eigenvalue weighted by Crippen LogP contribution is -2.34. The van der Waals surface area contributed by atoms with Crippen molar-refractivity contribution in [3.05, 3.63) is 65.7 Å². The number of nitrogens with zero attached hydrogens (tertiary/aromatic N) is 1. The maximum Gasteiger partial charge on any atom is 0.323 e. The van der Waals surface area contributed by atoms with Gasteiger partial charge in [0.15, 0.2) is 0 Å². The minimum absolute atomic E-state index is 0.0567. The van der Waals surface area contributed by atoms with Crippen LogP contribution in [0.1, 0.15) is 18.1 Å². The molecule has 2 rings (SSSR count). The Hall–Kier alpha value is -2.66. The first kappa shape index (κ1) is 17.7. The smallest absolute Gasteiger partial charge is 0.323 e. The number of benzene rings is 2. The number of anilines is 1.